The Balaban J connectivity index is 0.000000279. The van der Waals surface area contributed by atoms with Gasteiger partial charge in [-0.25, -0.2) is 0 Å². The molecule has 0 heterocycles. The van der Waals surface area contributed by atoms with Crippen LogP contribution in [0.2, 0.25) is 0 Å². The number of hydrogen-bond acceptors (Lipinski definition) is 6. The molecule has 0 aromatic heterocycles. The van der Waals surface area contributed by atoms with Gasteiger partial charge in [-0.1, -0.05) is 101 Å². The number of unbranched alkanes of at least 4 members (excludes halogenated alkanes) is 9. The van der Waals surface area contributed by atoms with Gasteiger partial charge in [0.25, 0.3) is 10.1 Å². The molecule has 0 aliphatic heterocycles. The molecule has 0 aliphatic carbocycles. The lowest BCUT2D eigenvalue weighted by Gasteiger charge is -2.07. The van der Waals surface area contributed by atoms with E-state index in [0.29, 0.717) is 23.5 Å². The molecule has 8 heteroatoms. The maximum atomic E-state index is 11.3. The number of anilines is 2. The van der Waals surface area contributed by atoms with Crippen molar-refractivity contribution in [1.82, 2.24) is 0 Å². The second-order valence-electron chi connectivity index (χ2n) is 9.37. The molecule has 0 aliphatic rings. The van der Waals surface area contributed by atoms with Crippen LogP contribution in [0.15, 0.2) is 87.9 Å². The summed E-state index contributed by atoms with van der Waals surface area (Å²) < 4.78 is 31.8. The molecule has 0 saturated carbocycles. The van der Waals surface area contributed by atoms with Crippen molar-refractivity contribution in [3.8, 4) is 0 Å². The number of nitrogens with zero attached hydrogens (tertiary/aromatic N) is 2. The molecular weight excluding hydrogens is 496 g/mol. The minimum Gasteiger partial charge on any atom is -0.399 e. The van der Waals surface area contributed by atoms with Crippen molar-refractivity contribution >= 4 is 32.9 Å². The first kappa shape index (κ1) is 31.0. The standard InChI is InChI=1S/C18H30O3S.C12H12N4/c1-2-3-4-5-6-7-8-9-10-11-14-17-15-12-13-16-18(17)22(19,20)21;13-9-6-7-12(11(14)8-9)16-15-10-4-2-1-3-5-10/h12-13,15-16H,2-11,14H2,1H3,(H,19,20,21);1-8H,13-14H2. The number of hydrogen-bond donors (Lipinski definition) is 3. The quantitative estimate of drug-likeness (QED) is 0.0817. The van der Waals surface area contributed by atoms with Gasteiger partial charge in [0.2, 0.25) is 0 Å². The van der Waals surface area contributed by atoms with E-state index >= 15 is 0 Å². The molecule has 0 radical (unpaired) electrons. The highest BCUT2D eigenvalue weighted by Gasteiger charge is 2.13. The highest BCUT2D eigenvalue weighted by molar-refractivity contribution is 7.85. The molecule has 3 aromatic rings. The van der Waals surface area contributed by atoms with Gasteiger partial charge in [0.15, 0.2) is 0 Å². The van der Waals surface area contributed by atoms with Crippen LogP contribution in [-0.2, 0) is 16.5 Å². The van der Waals surface area contributed by atoms with E-state index in [2.05, 4.69) is 17.2 Å². The second kappa shape index (κ2) is 17.3. The van der Waals surface area contributed by atoms with Gasteiger partial charge in [-0.3, -0.25) is 4.55 Å². The Morgan fingerprint density at radius 1 is 0.711 bits per heavy atom. The van der Waals surface area contributed by atoms with Crippen LogP contribution in [0.25, 0.3) is 0 Å². The van der Waals surface area contributed by atoms with E-state index in [9.17, 15) is 13.0 Å². The van der Waals surface area contributed by atoms with Gasteiger partial charge in [-0.2, -0.15) is 13.5 Å². The van der Waals surface area contributed by atoms with Crippen molar-refractivity contribution in [3.63, 3.8) is 0 Å². The molecule has 3 aromatic carbocycles. The lowest BCUT2D eigenvalue weighted by Crippen LogP contribution is -2.03. The van der Waals surface area contributed by atoms with Crippen molar-refractivity contribution in [3.05, 3.63) is 78.4 Å². The first-order chi connectivity index (χ1) is 18.3. The zero-order chi connectivity index (χ0) is 27.6. The van der Waals surface area contributed by atoms with Gasteiger partial charge in [-0.05, 0) is 54.8 Å². The fraction of sp³-hybridized carbons (Fsp3) is 0.400. The summed E-state index contributed by atoms with van der Waals surface area (Å²) in [7, 11) is -4.10. The first-order valence-corrected chi connectivity index (χ1v) is 14.9. The Hall–Kier alpha value is -3.23. The van der Waals surface area contributed by atoms with Crippen LogP contribution < -0.4 is 11.5 Å². The van der Waals surface area contributed by atoms with Crippen LogP contribution in [0.1, 0.15) is 76.7 Å². The molecule has 7 nitrogen and oxygen atoms in total. The Labute approximate surface area is 228 Å². The Morgan fingerprint density at radius 2 is 1.29 bits per heavy atom. The third kappa shape index (κ3) is 12.3. The van der Waals surface area contributed by atoms with E-state index in [4.69, 9.17) is 11.5 Å². The minimum absolute atomic E-state index is 0.0610. The number of rotatable bonds is 14. The molecule has 206 valence electrons. The third-order valence-electron chi connectivity index (χ3n) is 6.13. The van der Waals surface area contributed by atoms with Crippen LogP contribution >= 0.6 is 0 Å². The lowest BCUT2D eigenvalue weighted by molar-refractivity contribution is 0.481. The zero-order valence-electron chi connectivity index (χ0n) is 22.4. The Bertz CT molecular complexity index is 1220. The van der Waals surface area contributed by atoms with Gasteiger partial charge >= 0.3 is 0 Å². The number of aryl methyl sites for hydroxylation is 1. The van der Waals surface area contributed by atoms with E-state index in [-0.39, 0.29) is 4.90 Å². The average Bonchev–Trinajstić information content (AvgIpc) is 2.90. The fourth-order valence-electron chi connectivity index (χ4n) is 4.04. The third-order valence-corrected chi connectivity index (χ3v) is 7.09. The molecule has 5 N–H and O–H groups in total. The summed E-state index contributed by atoms with van der Waals surface area (Å²) in [6.07, 6.45) is 13.3. The number of benzene rings is 3. The van der Waals surface area contributed by atoms with E-state index in [1.54, 1.807) is 30.3 Å². The van der Waals surface area contributed by atoms with Gasteiger partial charge in [0.05, 0.1) is 16.3 Å². The molecule has 0 unspecified atom stereocenters. The van der Waals surface area contributed by atoms with Crippen molar-refractivity contribution in [2.45, 2.75) is 82.4 Å². The molecule has 0 spiro atoms. The molecule has 0 bridgehead atoms. The summed E-state index contributed by atoms with van der Waals surface area (Å²) in [6.45, 7) is 2.24. The maximum absolute atomic E-state index is 11.3. The summed E-state index contributed by atoms with van der Waals surface area (Å²) in [5.74, 6) is 0. The van der Waals surface area contributed by atoms with Gasteiger partial charge in [0.1, 0.15) is 5.69 Å². The molecule has 0 atom stereocenters. The molecule has 0 amide bonds. The van der Waals surface area contributed by atoms with Crippen LogP contribution in [0.5, 0.6) is 0 Å². The average molecular weight is 539 g/mol. The number of nitrogens with two attached hydrogens (primary N) is 2. The number of nitrogen functional groups attached to an aromatic ring is 2. The zero-order valence-corrected chi connectivity index (χ0v) is 23.2. The van der Waals surface area contributed by atoms with Gasteiger partial charge < -0.3 is 11.5 Å². The van der Waals surface area contributed by atoms with Crippen molar-refractivity contribution < 1.29 is 13.0 Å². The number of azo groups is 1. The SMILES string of the molecule is CCCCCCCCCCCCc1ccccc1S(=O)(=O)O.Nc1ccc(N=Nc2ccccc2)c(N)c1. The second-order valence-corrected chi connectivity index (χ2v) is 10.8. The van der Waals surface area contributed by atoms with Crippen molar-refractivity contribution in [1.29, 1.82) is 0 Å². The molecular formula is C30H42N4O3S. The van der Waals surface area contributed by atoms with E-state index < -0.39 is 10.1 Å². The molecule has 3 rings (SSSR count). The van der Waals surface area contributed by atoms with Gasteiger partial charge in [-0.15, -0.1) is 5.11 Å². The summed E-state index contributed by atoms with van der Waals surface area (Å²) in [5.41, 5.74) is 14.6. The van der Waals surface area contributed by atoms with Gasteiger partial charge in [0, 0.05) is 5.69 Å². The largest absolute Gasteiger partial charge is 0.399 e. The Kier molecular flexibility index (Phi) is 14.1. The smallest absolute Gasteiger partial charge is 0.294 e. The van der Waals surface area contributed by atoms with Crippen LogP contribution in [0.3, 0.4) is 0 Å². The Morgan fingerprint density at radius 3 is 1.89 bits per heavy atom. The summed E-state index contributed by atoms with van der Waals surface area (Å²) >= 11 is 0. The first-order valence-electron chi connectivity index (χ1n) is 13.5. The fourth-order valence-corrected chi connectivity index (χ4v) is 4.79. The predicted octanol–water partition coefficient (Wildman–Crippen LogP) is 8.66. The highest BCUT2D eigenvalue weighted by atomic mass is 32.2. The van der Waals surface area contributed by atoms with E-state index in [1.165, 1.54) is 57.4 Å². The lowest BCUT2D eigenvalue weighted by atomic mass is 10.0. The highest BCUT2D eigenvalue weighted by Crippen LogP contribution is 2.26. The summed E-state index contributed by atoms with van der Waals surface area (Å²) in [4.78, 5) is 0.0610. The molecule has 0 saturated heterocycles. The maximum Gasteiger partial charge on any atom is 0.294 e. The van der Waals surface area contributed by atoms with Crippen LogP contribution in [0.4, 0.5) is 22.7 Å². The van der Waals surface area contributed by atoms with Crippen molar-refractivity contribution in [2.75, 3.05) is 11.5 Å². The summed E-state index contributed by atoms with van der Waals surface area (Å²) in [6, 6.07) is 21.4. The van der Waals surface area contributed by atoms with Crippen molar-refractivity contribution in [2.24, 2.45) is 10.2 Å². The molecule has 0 fully saturated rings. The topological polar surface area (TPSA) is 131 Å². The predicted molar refractivity (Wildman–Crippen MR) is 158 cm³/mol. The monoisotopic (exact) mass is 538 g/mol. The van der Waals surface area contributed by atoms with E-state index in [0.717, 1.165) is 24.1 Å². The normalized spacial score (nSPS) is 11.3. The minimum atomic E-state index is -4.10. The molecule has 38 heavy (non-hydrogen) atoms. The van der Waals surface area contributed by atoms with Crippen LogP contribution in [0, 0.1) is 0 Å². The van der Waals surface area contributed by atoms with E-state index in [1.807, 2.05) is 36.4 Å². The van der Waals surface area contributed by atoms with Crippen LogP contribution in [-0.4, -0.2) is 13.0 Å². The summed E-state index contributed by atoms with van der Waals surface area (Å²) in [5, 5.41) is 8.13.